The van der Waals surface area contributed by atoms with Gasteiger partial charge in [0.05, 0.1) is 0 Å². The molecule has 3 nitrogen and oxygen atoms in total. The van der Waals surface area contributed by atoms with Gasteiger partial charge in [0.25, 0.3) is 0 Å². The topological polar surface area (TPSA) is 32.3 Å². The molecule has 3 heteroatoms. The fraction of sp³-hybridized carbons (Fsp3) is 0.500. The number of amides is 1. The van der Waals surface area contributed by atoms with Gasteiger partial charge in [0, 0.05) is 31.7 Å². The lowest BCUT2D eigenvalue weighted by molar-refractivity contribution is -0.120. The molecule has 1 heterocycles. The molecule has 92 valence electrons. The van der Waals surface area contributed by atoms with Gasteiger partial charge in [-0.15, -0.1) is 0 Å². The summed E-state index contributed by atoms with van der Waals surface area (Å²) in [4.78, 5) is 13.7. The summed E-state index contributed by atoms with van der Waals surface area (Å²) in [5.41, 5.74) is 2.50. The Morgan fingerprint density at radius 1 is 1.29 bits per heavy atom. The third kappa shape index (κ3) is 2.99. The second-order valence-electron chi connectivity index (χ2n) is 4.45. The number of carbonyl (C=O) groups excluding carboxylic acids is 1. The Bertz CT molecular complexity index is 384. The number of hydrogen-bond acceptors (Lipinski definition) is 2. The maximum Gasteiger partial charge on any atom is 0.219 e. The number of para-hydroxylation sites is 1. The Morgan fingerprint density at radius 2 is 2.00 bits per heavy atom. The molecule has 17 heavy (non-hydrogen) atoms. The molecule has 0 bridgehead atoms. The molecule has 1 fully saturated rings. The Hall–Kier alpha value is -1.51. The number of nitrogens with zero attached hydrogens (tertiary/aromatic N) is 1. The van der Waals surface area contributed by atoms with Gasteiger partial charge in [-0.2, -0.15) is 0 Å². The van der Waals surface area contributed by atoms with E-state index in [1.165, 1.54) is 24.1 Å². The highest BCUT2D eigenvalue weighted by atomic mass is 16.1. The van der Waals surface area contributed by atoms with Gasteiger partial charge in [-0.1, -0.05) is 25.1 Å². The minimum atomic E-state index is 0.112. The number of carbonyl (C=O) groups is 1. The van der Waals surface area contributed by atoms with Crippen molar-refractivity contribution >= 4 is 11.6 Å². The molecule has 0 unspecified atom stereocenters. The maximum absolute atomic E-state index is 11.3. The van der Waals surface area contributed by atoms with Crippen LogP contribution in [0.1, 0.15) is 31.7 Å². The molecule has 0 saturated carbocycles. The molecule has 0 aromatic heterocycles. The first kappa shape index (κ1) is 12.0. The second-order valence-corrected chi connectivity index (χ2v) is 4.45. The summed E-state index contributed by atoms with van der Waals surface area (Å²) in [7, 11) is 0. The summed E-state index contributed by atoms with van der Waals surface area (Å²) < 4.78 is 0. The van der Waals surface area contributed by atoms with Crippen LogP contribution in [0.2, 0.25) is 0 Å². The molecule has 1 aromatic rings. The van der Waals surface area contributed by atoms with Crippen LogP contribution in [-0.4, -0.2) is 19.0 Å². The summed E-state index contributed by atoms with van der Waals surface area (Å²) in [5.74, 6) is 0.112. The molecule has 2 rings (SSSR count). The number of rotatable bonds is 4. The van der Waals surface area contributed by atoms with E-state index in [2.05, 4.69) is 28.4 Å². The number of hydrogen-bond donors (Lipinski definition) is 1. The van der Waals surface area contributed by atoms with E-state index in [9.17, 15) is 4.79 Å². The third-order valence-corrected chi connectivity index (χ3v) is 3.24. The zero-order valence-corrected chi connectivity index (χ0v) is 10.4. The quantitative estimate of drug-likeness (QED) is 0.864. The second kappa shape index (κ2) is 5.71. The van der Waals surface area contributed by atoms with Crippen LogP contribution in [0.5, 0.6) is 0 Å². The summed E-state index contributed by atoms with van der Waals surface area (Å²) in [5, 5.41) is 2.95. The van der Waals surface area contributed by atoms with Crippen molar-refractivity contribution in [2.75, 3.05) is 18.0 Å². The van der Waals surface area contributed by atoms with Gasteiger partial charge in [0.2, 0.25) is 5.91 Å². The predicted octanol–water partition coefficient (Wildman–Crippen LogP) is 2.31. The highest BCUT2D eigenvalue weighted by Crippen LogP contribution is 2.24. The Balaban J connectivity index is 2.07. The Kier molecular flexibility index (Phi) is 4.02. The van der Waals surface area contributed by atoms with E-state index in [-0.39, 0.29) is 5.91 Å². The van der Waals surface area contributed by atoms with Crippen molar-refractivity contribution in [1.29, 1.82) is 0 Å². The summed E-state index contributed by atoms with van der Waals surface area (Å²) >= 11 is 0. The van der Waals surface area contributed by atoms with Crippen molar-refractivity contribution in [3.63, 3.8) is 0 Å². The van der Waals surface area contributed by atoms with E-state index in [4.69, 9.17) is 0 Å². The van der Waals surface area contributed by atoms with Crippen molar-refractivity contribution in [2.24, 2.45) is 0 Å². The monoisotopic (exact) mass is 232 g/mol. The molecule has 1 amide bonds. The van der Waals surface area contributed by atoms with Gasteiger partial charge in [0.1, 0.15) is 0 Å². The predicted molar refractivity (Wildman–Crippen MR) is 70.0 cm³/mol. The first-order valence-corrected chi connectivity index (χ1v) is 6.41. The van der Waals surface area contributed by atoms with Crippen molar-refractivity contribution in [3.8, 4) is 0 Å². The van der Waals surface area contributed by atoms with Crippen LogP contribution in [0.25, 0.3) is 0 Å². The van der Waals surface area contributed by atoms with E-state index in [0.717, 1.165) is 13.1 Å². The largest absolute Gasteiger partial charge is 0.371 e. The van der Waals surface area contributed by atoms with Crippen LogP contribution in [-0.2, 0) is 11.3 Å². The lowest BCUT2D eigenvalue weighted by atomic mass is 10.1. The lowest BCUT2D eigenvalue weighted by Crippen LogP contribution is -2.24. The van der Waals surface area contributed by atoms with Crippen LogP contribution in [0.3, 0.4) is 0 Å². The average molecular weight is 232 g/mol. The molecule has 0 radical (unpaired) electrons. The minimum absolute atomic E-state index is 0.112. The minimum Gasteiger partial charge on any atom is -0.371 e. The fourth-order valence-corrected chi connectivity index (χ4v) is 2.25. The van der Waals surface area contributed by atoms with Crippen molar-refractivity contribution in [3.05, 3.63) is 29.8 Å². The molecular formula is C14H20N2O. The highest BCUT2D eigenvalue weighted by Gasteiger charge is 2.15. The van der Waals surface area contributed by atoms with Crippen molar-refractivity contribution in [1.82, 2.24) is 5.32 Å². The van der Waals surface area contributed by atoms with Gasteiger partial charge >= 0.3 is 0 Å². The molecule has 1 saturated heterocycles. The molecule has 1 aliphatic rings. The summed E-state index contributed by atoms with van der Waals surface area (Å²) in [6.07, 6.45) is 3.09. The zero-order chi connectivity index (χ0) is 12.1. The normalized spacial score (nSPS) is 15.0. The van der Waals surface area contributed by atoms with E-state index >= 15 is 0 Å². The lowest BCUT2D eigenvalue weighted by Gasteiger charge is -2.21. The smallest absolute Gasteiger partial charge is 0.219 e. The molecule has 0 spiro atoms. The zero-order valence-electron chi connectivity index (χ0n) is 10.4. The first-order chi connectivity index (χ1) is 8.31. The van der Waals surface area contributed by atoms with E-state index in [0.29, 0.717) is 13.0 Å². The summed E-state index contributed by atoms with van der Waals surface area (Å²) in [6.45, 7) is 4.79. The highest BCUT2D eigenvalue weighted by molar-refractivity contribution is 5.75. The molecule has 0 atom stereocenters. The van der Waals surface area contributed by atoms with E-state index in [1.807, 2.05) is 13.0 Å². The molecule has 1 aliphatic heterocycles. The van der Waals surface area contributed by atoms with Crippen LogP contribution < -0.4 is 10.2 Å². The van der Waals surface area contributed by atoms with Crippen LogP contribution in [0.15, 0.2) is 24.3 Å². The van der Waals surface area contributed by atoms with E-state index in [1.54, 1.807) is 0 Å². The Labute approximate surface area is 103 Å². The van der Waals surface area contributed by atoms with Crippen molar-refractivity contribution < 1.29 is 4.79 Å². The molecule has 0 aliphatic carbocycles. The number of benzene rings is 1. The standard InChI is InChI=1S/C14H20N2O/c1-2-14(17)15-11-12-7-3-4-8-13(12)16-9-5-6-10-16/h3-4,7-8H,2,5-6,9-11H2,1H3,(H,15,17). The van der Waals surface area contributed by atoms with Crippen molar-refractivity contribution in [2.45, 2.75) is 32.7 Å². The number of anilines is 1. The average Bonchev–Trinajstić information content (AvgIpc) is 2.90. The molecule has 1 N–H and O–H groups in total. The SMILES string of the molecule is CCC(=O)NCc1ccccc1N1CCCC1. The molecular weight excluding hydrogens is 212 g/mol. The maximum atomic E-state index is 11.3. The number of nitrogens with one attached hydrogen (secondary N) is 1. The van der Waals surface area contributed by atoms with Gasteiger partial charge in [0.15, 0.2) is 0 Å². The fourth-order valence-electron chi connectivity index (χ4n) is 2.25. The van der Waals surface area contributed by atoms with Gasteiger partial charge in [-0.25, -0.2) is 0 Å². The molecule has 1 aromatic carbocycles. The van der Waals surface area contributed by atoms with Crippen LogP contribution >= 0.6 is 0 Å². The van der Waals surface area contributed by atoms with Crippen LogP contribution in [0.4, 0.5) is 5.69 Å². The first-order valence-electron chi connectivity index (χ1n) is 6.41. The third-order valence-electron chi connectivity index (χ3n) is 3.24. The van der Waals surface area contributed by atoms with Crippen LogP contribution in [0, 0.1) is 0 Å². The van der Waals surface area contributed by atoms with E-state index < -0.39 is 0 Å². The summed E-state index contributed by atoms with van der Waals surface area (Å²) in [6, 6.07) is 8.36. The van der Waals surface area contributed by atoms with Gasteiger partial charge in [-0.05, 0) is 24.5 Å². The Morgan fingerprint density at radius 3 is 2.71 bits per heavy atom. The van der Waals surface area contributed by atoms with Gasteiger partial charge in [-0.3, -0.25) is 4.79 Å². The van der Waals surface area contributed by atoms with Gasteiger partial charge < -0.3 is 10.2 Å².